The van der Waals surface area contributed by atoms with Crippen LogP contribution < -0.4 is 0 Å². The fourth-order valence-corrected chi connectivity index (χ4v) is 2.84. The largest absolute Gasteiger partial charge is 0.339 e. The molecule has 0 bridgehead atoms. The number of hydrogen-bond acceptors (Lipinski definition) is 2. The van der Waals surface area contributed by atoms with Gasteiger partial charge in [0.25, 0.3) is 19.4 Å². The maximum Gasteiger partial charge on any atom is 0.274 e. The third-order valence-corrected chi connectivity index (χ3v) is 4.40. The van der Waals surface area contributed by atoms with Crippen molar-refractivity contribution >= 4 is 81.4 Å². The van der Waals surface area contributed by atoms with E-state index in [0.29, 0.717) is 26.2 Å². The maximum absolute atomic E-state index is 11.9. The normalized spacial score (nSPS) is 12.2. The number of hydrogen-bond donors (Lipinski definition) is 0. The SMILES string of the molecule is CCN(CCCCCCN(CC)C(=O)C(Cl)(Cl)Cl)C(=O)C(Cl)(Cl)Cl. The van der Waals surface area contributed by atoms with Gasteiger partial charge in [0.2, 0.25) is 0 Å². The molecule has 4 nitrogen and oxygen atoms in total. The Morgan fingerprint density at radius 2 is 0.958 bits per heavy atom. The highest BCUT2D eigenvalue weighted by atomic mass is 35.6. The van der Waals surface area contributed by atoms with Crippen molar-refractivity contribution in [2.24, 2.45) is 0 Å². The molecule has 0 saturated heterocycles. The zero-order valence-corrected chi connectivity index (χ0v) is 18.2. The minimum atomic E-state index is -1.92. The third kappa shape index (κ3) is 9.40. The molecule has 0 radical (unpaired) electrons. The molecular formula is C14H22Cl6N2O2. The average molecular weight is 463 g/mol. The minimum Gasteiger partial charge on any atom is -0.339 e. The zero-order chi connectivity index (χ0) is 19.0. The van der Waals surface area contributed by atoms with Crippen molar-refractivity contribution in [3.63, 3.8) is 0 Å². The number of carbonyl (C=O) groups excluding carboxylic acids is 2. The lowest BCUT2D eigenvalue weighted by Crippen LogP contribution is -2.40. The van der Waals surface area contributed by atoms with Crippen LogP contribution in [0.3, 0.4) is 0 Å². The highest BCUT2D eigenvalue weighted by Gasteiger charge is 2.35. The zero-order valence-electron chi connectivity index (χ0n) is 13.6. The summed E-state index contributed by atoms with van der Waals surface area (Å²) in [5, 5.41) is 0. The molecule has 0 aliphatic rings. The summed E-state index contributed by atoms with van der Waals surface area (Å²) in [6.45, 7) is 5.66. The van der Waals surface area contributed by atoms with E-state index in [4.69, 9.17) is 69.6 Å². The molecule has 0 spiro atoms. The van der Waals surface area contributed by atoms with Crippen LogP contribution in [0.5, 0.6) is 0 Å². The highest BCUT2D eigenvalue weighted by molar-refractivity contribution is 6.76. The van der Waals surface area contributed by atoms with Crippen LogP contribution in [0, 0.1) is 0 Å². The van der Waals surface area contributed by atoms with Crippen molar-refractivity contribution in [2.75, 3.05) is 26.2 Å². The molecule has 0 saturated carbocycles. The van der Waals surface area contributed by atoms with Gasteiger partial charge in [-0.25, -0.2) is 0 Å². The summed E-state index contributed by atoms with van der Waals surface area (Å²) in [5.74, 6) is -1.03. The molecule has 0 aromatic carbocycles. The summed E-state index contributed by atoms with van der Waals surface area (Å²) in [7, 11) is 0. The molecule has 0 atom stereocenters. The van der Waals surface area contributed by atoms with Gasteiger partial charge in [-0.05, 0) is 26.7 Å². The molecule has 24 heavy (non-hydrogen) atoms. The van der Waals surface area contributed by atoms with Crippen molar-refractivity contribution in [3.05, 3.63) is 0 Å². The summed E-state index contributed by atoms with van der Waals surface area (Å²) in [6, 6.07) is 0. The van der Waals surface area contributed by atoms with Gasteiger partial charge in [-0.3, -0.25) is 9.59 Å². The molecule has 0 fully saturated rings. The summed E-state index contributed by atoms with van der Waals surface area (Å²) in [5.41, 5.74) is 0. The summed E-state index contributed by atoms with van der Waals surface area (Å²) < 4.78 is -3.84. The molecule has 0 aromatic heterocycles. The van der Waals surface area contributed by atoms with Crippen molar-refractivity contribution in [1.82, 2.24) is 9.80 Å². The summed E-state index contributed by atoms with van der Waals surface area (Å²) >= 11 is 33.6. The number of amides is 2. The molecule has 0 aromatic rings. The smallest absolute Gasteiger partial charge is 0.274 e. The Kier molecular flexibility index (Phi) is 11.7. The van der Waals surface area contributed by atoms with Crippen LogP contribution in [-0.2, 0) is 9.59 Å². The van der Waals surface area contributed by atoms with Crippen molar-refractivity contribution in [2.45, 2.75) is 47.1 Å². The lowest BCUT2D eigenvalue weighted by Gasteiger charge is -2.25. The van der Waals surface area contributed by atoms with Crippen LogP contribution in [0.1, 0.15) is 39.5 Å². The van der Waals surface area contributed by atoms with Crippen LogP contribution >= 0.6 is 69.6 Å². The first kappa shape index (κ1) is 24.7. The van der Waals surface area contributed by atoms with E-state index < -0.39 is 19.4 Å². The first-order valence-electron chi connectivity index (χ1n) is 7.67. The van der Waals surface area contributed by atoms with E-state index >= 15 is 0 Å². The Hall–Kier alpha value is 0.680. The Morgan fingerprint density at radius 3 is 1.17 bits per heavy atom. The second kappa shape index (κ2) is 11.4. The molecule has 0 aliphatic carbocycles. The minimum absolute atomic E-state index is 0.480. The van der Waals surface area contributed by atoms with E-state index in [2.05, 4.69) is 0 Å². The monoisotopic (exact) mass is 460 g/mol. The number of halogens is 6. The Morgan fingerprint density at radius 1 is 0.667 bits per heavy atom. The van der Waals surface area contributed by atoms with Crippen molar-refractivity contribution in [3.8, 4) is 0 Å². The Bertz CT molecular complexity index is 371. The first-order chi connectivity index (χ1) is 10.9. The van der Waals surface area contributed by atoms with E-state index in [1.807, 2.05) is 13.8 Å². The Balaban J connectivity index is 4.09. The molecule has 0 N–H and O–H groups in total. The molecule has 10 heteroatoms. The summed E-state index contributed by atoms with van der Waals surface area (Å²) in [4.78, 5) is 26.7. The van der Waals surface area contributed by atoms with Crippen LogP contribution in [0.4, 0.5) is 0 Å². The van der Waals surface area contributed by atoms with Crippen LogP contribution in [0.25, 0.3) is 0 Å². The number of unbranched alkanes of at least 4 members (excludes halogenated alkanes) is 3. The van der Waals surface area contributed by atoms with Gasteiger partial charge < -0.3 is 9.80 Å². The second-order valence-corrected chi connectivity index (χ2v) is 9.74. The van der Waals surface area contributed by atoms with Gasteiger partial charge >= 0.3 is 0 Å². The molecule has 0 heterocycles. The fraction of sp³-hybridized carbons (Fsp3) is 0.857. The van der Waals surface area contributed by atoms with Gasteiger partial charge in [-0.2, -0.15) is 0 Å². The predicted octanol–water partition coefficient (Wildman–Crippen LogP) is 4.98. The van der Waals surface area contributed by atoms with Gasteiger partial charge in [0.05, 0.1) is 0 Å². The summed E-state index contributed by atoms with van der Waals surface area (Å²) in [6.07, 6.45) is 3.32. The van der Waals surface area contributed by atoms with Crippen LogP contribution in [-0.4, -0.2) is 55.4 Å². The molecule has 0 rings (SSSR count). The molecule has 0 unspecified atom stereocenters. The van der Waals surface area contributed by atoms with E-state index in [9.17, 15) is 9.59 Å². The fourth-order valence-electron chi connectivity index (χ4n) is 2.12. The number of nitrogens with zero attached hydrogens (tertiary/aromatic N) is 2. The van der Waals surface area contributed by atoms with Gasteiger partial charge in [-0.15, -0.1) is 0 Å². The van der Waals surface area contributed by atoms with E-state index in [1.165, 1.54) is 9.80 Å². The quantitative estimate of drug-likeness (QED) is 0.358. The number of alkyl halides is 6. The highest BCUT2D eigenvalue weighted by Crippen LogP contribution is 2.29. The van der Waals surface area contributed by atoms with Gasteiger partial charge in [0, 0.05) is 26.2 Å². The number of rotatable bonds is 9. The first-order valence-corrected chi connectivity index (χ1v) is 9.94. The topological polar surface area (TPSA) is 40.6 Å². The van der Waals surface area contributed by atoms with Gasteiger partial charge in [0.1, 0.15) is 0 Å². The molecule has 142 valence electrons. The van der Waals surface area contributed by atoms with E-state index in [0.717, 1.165) is 25.7 Å². The van der Waals surface area contributed by atoms with Crippen molar-refractivity contribution in [1.29, 1.82) is 0 Å². The van der Waals surface area contributed by atoms with Gasteiger partial charge in [0.15, 0.2) is 0 Å². The number of carbonyl (C=O) groups is 2. The molecule has 0 aliphatic heterocycles. The van der Waals surface area contributed by atoms with Crippen molar-refractivity contribution < 1.29 is 9.59 Å². The lowest BCUT2D eigenvalue weighted by atomic mass is 10.1. The lowest BCUT2D eigenvalue weighted by molar-refractivity contribution is -0.131. The Labute approximate surface area is 173 Å². The van der Waals surface area contributed by atoms with E-state index in [-0.39, 0.29) is 0 Å². The standard InChI is InChI=1S/C14H22Cl6N2O2/c1-3-21(11(23)13(15,16)17)9-7-5-6-8-10-22(4-2)12(24)14(18,19)20/h3-10H2,1-2H3. The average Bonchev–Trinajstić information content (AvgIpc) is 2.47. The molecule has 2 amide bonds. The van der Waals surface area contributed by atoms with Crippen LogP contribution in [0.15, 0.2) is 0 Å². The predicted molar refractivity (Wildman–Crippen MR) is 104 cm³/mol. The maximum atomic E-state index is 11.9. The third-order valence-electron chi connectivity index (χ3n) is 3.43. The molecular weight excluding hydrogens is 441 g/mol. The van der Waals surface area contributed by atoms with E-state index in [1.54, 1.807) is 0 Å². The van der Waals surface area contributed by atoms with Gasteiger partial charge in [-0.1, -0.05) is 82.4 Å². The second-order valence-electron chi connectivity index (χ2n) is 5.18. The van der Waals surface area contributed by atoms with Crippen LogP contribution in [0.2, 0.25) is 0 Å².